The zero-order valence-electron chi connectivity index (χ0n) is 19.3. The van der Waals surface area contributed by atoms with E-state index in [0.29, 0.717) is 0 Å². The Labute approximate surface area is 193 Å². The first-order valence-corrected chi connectivity index (χ1v) is 12.3. The molecule has 6 atom stereocenters. The van der Waals surface area contributed by atoms with Gasteiger partial charge in [0.05, 0.1) is 23.6 Å². The molecule has 3 fully saturated rings. The van der Waals surface area contributed by atoms with E-state index in [1.54, 1.807) is 38.1 Å². The van der Waals surface area contributed by atoms with Crippen LogP contribution >= 0.6 is 0 Å². The molecule has 0 aliphatic carbocycles. The van der Waals surface area contributed by atoms with Gasteiger partial charge in [-0.05, 0) is 32.9 Å². The van der Waals surface area contributed by atoms with E-state index in [-0.39, 0.29) is 24.0 Å². The fourth-order valence-electron chi connectivity index (χ4n) is 4.80. The van der Waals surface area contributed by atoms with Gasteiger partial charge in [0, 0.05) is 26.3 Å². The SMILES string of the molecule is CC(=O)N[C@H]1[C@@H](COC(C)=O)CN(S(=O)(=O)c2ccc(C)cc2)[C@H]2[C@@H]1O[C@@H]1OC(C)(C)O[C@@H]12. The molecule has 0 radical (unpaired) electrons. The summed E-state index contributed by atoms with van der Waals surface area (Å²) in [6.45, 7) is 7.93. The number of hydrogen-bond donors (Lipinski definition) is 1. The molecular weight excluding hydrogens is 452 g/mol. The van der Waals surface area contributed by atoms with Crippen molar-refractivity contribution in [2.75, 3.05) is 13.2 Å². The molecule has 3 aliphatic rings. The minimum atomic E-state index is -3.97. The number of amides is 1. The summed E-state index contributed by atoms with van der Waals surface area (Å²) in [5, 5.41) is 2.87. The Morgan fingerprint density at radius 1 is 1.15 bits per heavy atom. The summed E-state index contributed by atoms with van der Waals surface area (Å²) in [5.41, 5.74) is 0.933. The summed E-state index contributed by atoms with van der Waals surface area (Å²) in [4.78, 5) is 23.6. The minimum absolute atomic E-state index is 0.00592. The van der Waals surface area contributed by atoms with E-state index in [4.69, 9.17) is 18.9 Å². The van der Waals surface area contributed by atoms with Gasteiger partial charge in [-0.15, -0.1) is 0 Å². The van der Waals surface area contributed by atoms with Crippen LogP contribution in [0.15, 0.2) is 29.2 Å². The highest BCUT2D eigenvalue weighted by molar-refractivity contribution is 7.89. The molecule has 0 saturated carbocycles. The zero-order chi connectivity index (χ0) is 24.1. The van der Waals surface area contributed by atoms with E-state index in [9.17, 15) is 18.0 Å². The van der Waals surface area contributed by atoms with Crippen molar-refractivity contribution in [2.24, 2.45) is 5.92 Å². The summed E-state index contributed by atoms with van der Waals surface area (Å²) in [7, 11) is -3.97. The van der Waals surface area contributed by atoms with Crippen molar-refractivity contribution in [2.45, 2.75) is 75.9 Å². The lowest BCUT2D eigenvalue weighted by Gasteiger charge is -2.46. The molecule has 1 amide bonds. The number of esters is 1. The topological polar surface area (TPSA) is 120 Å². The Balaban J connectivity index is 1.75. The number of rotatable bonds is 5. The maximum Gasteiger partial charge on any atom is 0.302 e. The van der Waals surface area contributed by atoms with Crippen LogP contribution in [0.2, 0.25) is 0 Å². The van der Waals surface area contributed by atoms with E-state index in [2.05, 4.69) is 5.32 Å². The van der Waals surface area contributed by atoms with Gasteiger partial charge >= 0.3 is 5.97 Å². The van der Waals surface area contributed by atoms with Crippen molar-refractivity contribution in [1.82, 2.24) is 9.62 Å². The third-order valence-electron chi connectivity index (χ3n) is 6.16. The molecule has 10 nitrogen and oxygen atoms in total. The number of hydrogen-bond acceptors (Lipinski definition) is 8. The normalized spacial score (nSPS) is 33.2. The van der Waals surface area contributed by atoms with Gasteiger partial charge < -0.3 is 24.3 Å². The van der Waals surface area contributed by atoms with Gasteiger partial charge in [-0.2, -0.15) is 4.31 Å². The van der Waals surface area contributed by atoms with E-state index >= 15 is 0 Å². The van der Waals surface area contributed by atoms with Crippen molar-refractivity contribution in [3.63, 3.8) is 0 Å². The van der Waals surface area contributed by atoms with Crippen LogP contribution in [0.1, 0.15) is 33.3 Å². The predicted octanol–water partition coefficient (Wildman–Crippen LogP) is 0.928. The van der Waals surface area contributed by atoms with Crippen LogP contribution in [0.4, 0.5) is 0 Å². The molecule has 33 heavy (non-hydrogen) atoms. The number of fused-ring (bicyclic) bond motifs is 3. The molecule has 3 aliphatic heterocycles. The lowest BCUT2D eigenvalue weighted by atomic mass is 9.86. The largest absolute Gasteiger partial charge is 0.465 e. The number of benzene rings is 1. The number of sulfonamides is 1. The number of aryl methyl sites for hydroxylation is 1. The number of nitrogens with zero attached hydrogens (tertiary/aromatic N) is 1. The van der Waals surface area contributed by atoms with E-state index in [1.807, 2.05) is 6.92 Å². The summed E-state index contributed by atoms with van der Waals surface area (Å²) in [6, 6.07) is 5.24. The average Bonchev–Trinajstić information content (AvgIpc) is 3.19. The summed E-state index contributed by atoms with van der Waals surface area (Å²) in [6.07, 6.45) is -2.24. The molecular formula is C22H30N2O8S. The average molecular weight is 483 g/mol. The van der Waals surface area contributed by atoms with Crippen LogP contribution in [0.25, 0.3) is 0 Å². The van der Waals surface area contributed by atoms with Gasteiger partial charge in [0.1, 0.15) is 12.2 Å². The van der Waals surface area contributed by atoms with Crippen molar-refractivity contribution in [3.05, 3.63) is 29.8 Å². The maximum absolute atomic E-state index is 13.8. The molecule has 0 aromatic heterocycles. The smallest absolute Gasteiger partial charge is 0.302 e. The summed E-state index contributed by atoms with van der Waals surface area (Å²) < 4.78 is 52.2. The fourth-order valence-corrected chi connectivity index (χ4v) is 6.49. The molecule has 1 aromatic carbocycles. The van der Waals surface area contributed by atoms with Crippen LogP contribution in [0.5, 0.6) is 0 Å². The van der Waals surface area contributed by atoms with Gasteiger partial charge in [0.15, 0.2) is 12.1 Å². The summed E-state index contributed by atoms with van der Waals surface area (Å²) >= 11 is 0. The standard InChI is InChI=1S/C22H30N2O8S/c1-12-6-8-16(9-7-12)33(27,28)24-10-15(11-29-14(3)26)17(23-13(2)25)19-18(24)20-21(30-19)32-22(4,5)31-20/h6-9,15,17-21H,10-11H2,1-5H3,(H,23,25)/t15-,17+,18+,19-,20-,21-/m1/s1. The second kappa shape index (κ2) is 8.62. The minimum Gasteiger partial charge on any atom is -0.465 e. The van der Waals surface area contributed by atoms with E-state index in [0.717, 1.165) is 5.56 Å². The van der Waals surface area contributed by atoms with Crippen LogP contribution in [-0.4, -0.2) is 74.1 Å². The number of carbonyl (C=O) groups is 2. The monoisotopic (exact) mass is 482 g/mol. The molecule has 0 spiro atoms. The van der Waals surface area contributed by atoms with Crippen LogP contribution in [-0.2, 0) is 38.6 Å². The third-order valence-corrected chi connectivity index (χ3v) is 8.04. The van der Waals surface area contributed by atoms with Crippen LogP contribution in [0, 0.1) is 12.8 Å². The quantitative estimate of drug-likeness (QED) is 0.616. The van der Waals surface area contributed by atoms with Gasteiger partial charge in [0.25, 0.3) is 0 Å². The van der Waals surface area contributed by atoms with Gasteiger partial charge in [0.2, 0.25) is 15.9 Å². The second-order valence-electron chi connectivity index (χ2n) is 9.24. The Hall–Kier alpha value is -2.05. The molecule has 3 saturated heterocycles. The third kappa shape index (κ3) is 4.65. The van der Waals surface area contributed by atoms with Crippen LogP contribution < -0.4 is 5.32 Å². The fraction of sp³-hybridized carbons (Fsp3) is 0.636. The molecule has 11 heteroatoms. The number of piperidine rings is 1. The highest BCUT2D eigenvalue weighted by Crippen LogP contribution is 2.45. The molecule has 0 bridgehead atoms. The number of nitrogens with one attached hydrogen (secondary N) is 1. The maximum atomic E-state index is 13.8. The molecule has 1 N–H and O–H groups in total. The van der Waals surface area contributed by atoms with Crippen LogP contribution in [0.3, 0.4) is 0 Å². The van der Waals surface area contributed by atoms with Crippen molar-refractivity contribution in [1.29, 1.82) is 0 Å². The van der Waals surface area contributed by atoms with Crippen molar-refractivity contribution >= 4 is 21.9 Å². The van der Waals surface area contributed by atoms with Gasteiger partial charge in [-0.3, -0.25) is 9.59 Å². The molecule has 4 rings (SSSR count). The number of ether oxygens (including phenoxy) is 4. The molecule has 182 valence electrons. The first kappa shape index (κ1) is 24.1. The number of carbonyl (C=O) groups excluding carboxylic acids is 2. The Morgan fingerprint density at radius 3 is 2.42 bits per heavy atom. The highest BCUT2D eigenvalue weighted by atomic mass is 32.2. The van der Waals surface area contributed by atoms with Gasteiger partial charge in [-0.1, -0.05) is 17.7 Å². The zero-order valence-corrected chi connectivity index (χ0v) is 20.1. The van der Waals surface area contributed by atoms with Crippen molar-refractivity contribution < 1.29 is 37.0 Å². The highest BCUT2D eigenvalue weighted by Gasteiger charge is 2.63. The Kier molecular flexibility index (Phi) is 6.29. The molecule has 0 unspecified atom stereocenters. The predicted molar refractivity (Wildman–Crippen MR) is 115 cm³/mol. The molecule has 1 aromatic rings. The van der Waals surface area contributed by atoms with Crippen molar-refractivity contribution in [3.8, 4) is 0 Å². The summed E-state index contributed by atoms with van der Waals surface area (Å²) in [5.74, 6) is -2.28. The molecule has 3 heterocycles. The Bertz CT molecular complexity index is 1030. The lowest BCUT2D eigenvalue weighted by Crippen LogP contribution is -2.66. The second-order valence-corrected chi connectivity index (χ2v) is 11.1. The van der Waals surface area contributed by atoms with Gasteiger partial charge in [-0.25, -0.2) is 8.42 Å². The van der Waals surface area contributed by atoms with E-state index < -0.39 is 58.3 Å². The first-order valence-electron chi connectivity index (χ1n) is 10.9. The van der Waals surface area contributed by atoms with E-state index in [1.165, 1.54) is 18.2 Å². The first-order chi connectivity index (χ1) is 15.4. The Morgan fingerprint density at radius 2 is 1.82 bits per heavy atom. The lowest BCUT2D eigenvalue weighted by molar-refractivity contribution is -0.218.